The highest BCUT2D eigenvalue weighted by Gasteiger charge is 2.30. The third kappa shape index (κ3) is 5.87. The van der Waals surface area contributed by atoms with Gasteiger partial charge < -0.3 is 19.3 Å². The summed E-state index contributed by atoms with van der Waals surface area (Å²) in [6.45, 7) is 11.2. The van der Waals surface area contributed by atoms with Crippen molar-refractivity contribution in [1.82, 2.24) is 28.4 Å². The van der Waals surface area contributed by atoms with Crippen molar-refractivity contribution < 1.29 is 14.4 Å². The molecule has 1 saturated heterocycles. The number of amides is 3. The first-order chi connectivity index (χ1) is 21.2. The lowest BCUT2D eigenvalue weighted by Gasteiger charge is -2.32. The molecule has 0 saturated carbocycles. The van der Waals surface area contributed by atoms with Gasteiger partial charge in [-0.05, 0) is 64.8 Å². The van der Waals surface area contributed by atoms with Gasteiger partial charge in [0.25, 0.3) is 5.91 Å². The van der Waals surface area contributed by atoms with Crippen molar-refractivity contribution in [1.29, 1.82) is 0 Å². The molecular formula is C33H41ClN6O4. The summed E-state index contributed by atoms with van der Waals surface area (Å²) in [5, 5.41) is 1.29. The highest BCUT2D eigenvalue weighted by Crippen LogP contribution is 2.30. The summed E-state index contributed by atoms with van der Waals surface area (Å²) in [5.41, 5.74) is 2.62. The molecule has 0 N–H and O–H groups in total. The second-order valence-electron chi connectivity index (χ2n) is 11.2. The Hall–Kier alpha value is -4.05. The number of carbonyl (C=O) groups excluding carboxylic acids is 3. The predicted octanol–water partition coefficient (Wildman–Crippen LogP) is 4.63. The first kappa shape index (κ1) is 31.4. The molecule has 3 amide bonds. The number of fused-ring (bicyclic) bond motifs is 2. The molecule has 0 radical (unpaired) electrons. The minimum atomic E-state index is -0.200. The molecule has 0 spiro atoms. The van der Waals surface area contributed by atoms with E-state index >= 15 is 0 Å². The zero-order valence-corrected chi connectivity index (χ0v) is 26.7. The smallest absolute Gasteiger partial charge is 0.329 e. The van der Waals surface area contributed by atoms with Crippen LogP contribution in [0.5, 0.6) is 0 Å². The molecule has 0 atom stereocenters. The number of benzene rings is 2. The second kappa shape index (κ2) is 13.3. The topological polar surface area (TPSA) is 92.8 Å². The molecule has 1 aliphatic rings. The van der Waals surface area contributed by atoms with Gasteiger partial charge in [-0.2, -0.15) is 0 Å². The number of likely N-dealkylation sites (tertiary alicyclic amines) is 1. The summed E-state index contributed by atoms with van der Waals surface area (Å²) >= 11 is 6.32. The zero-order valence-electron chi connectivity index (χ0n) is 26.0. The van der Waals surface area contributed by atoms with Gasteiger partial charge in [0.1, 0.15) is 13.1 Å². The van der Waals surface area contributed by atoms with Crippen molar-refractivity contribution in [3.63, 3.8) is 0 Å². The average molecular weight is 621 g/mol. The summed E-state index contributed by atoms with van der Waals surface area (Å²) in [6.07, 6.45) is 2.98. The van der Waals surface area contributed by atoms with Gasteiger partial charge in [-0.1, -0.05) is 29.8 Å². The van der Waals surface area contributed by atoms with E-state index in [4.69, 9.17) is 11.6 Å². The van der Waals surface area contributed by atoms with E-state index in [0.717, 1.165) is 21.9 Å². The molecule has 0 unspecified atom stereocenters. The van der Waals surface area contributed by atoms with Crippen LogP contribution in [0.1, 0.15) is 56.9 Å². The van der Waals surface area contributed by atoms with Crippen LogP contribution in [-0.4, -0.2) is 85.4 Å². The lowest BCUT2D eigenvalue weighted by atomic mass is 10.0. The van der Waals surface area contributed by atoms with Crippen molar-refractivity contribution in [3.05, 3.63) is 69.7 Å². The van der Waals surface area contributed by atoms with Crippen molar-refractivity contribution in [3.8, 4) is 0 Å². The maximum atomic E-state index is 13.9. The Morgan fingerprint density at radius 2 is 1.41 bits per heavy atom. The molecule has 5 rings (SSSR count). The number of nitrogens with zero attached hydrogens (tertiary/aromatic N) is 6. The fraction of sp³-hybridized carbons (Fsp3) is 0.455. The Bertz CT molecular complexity index is 1740. The van der Waals surface area contributed by atoms with Crippen LogP contribution in [0, 0.1) is 0 Å². The molecule has 0 bridgehead atoms. The number of halogens is 1. The minimum Gasteiger partial charge on any atom is -0.342 e. The van der Waals surface area contributed by atoms with E-state index in [1.54, 1.807) is 37.3 Å². The van der Waals surface area contributed by atoms with Crippen molar-refractivity contribution in [2.45, 2.75) is 59.7 Å². The van der Waals surface area contributed by atoms with Gasteiger partial charge in [0, 0.05) is 61.9 Å². The summed E-state index contributed by atoms with van der Waals surface area (Å²) in [4.78, 5) is 58.8. The Morgan fingerprint density at radius 3 is 2.02 bits per heavy atom. The monoisotopic (exact) mass is 620 g/mol. The molecule has 234 valence electrons. The molecule has 1 aliphatic heterocycles. The number of imidazole rings is 1. The molecular weight excluding hydrogens is 580 g/mol. The second-order valence-corrected chi connectivity index (χ2v) is 11.7. The van der Waals surface area contributed by atoms with E-state index < -0.39 is 0 Å². The first-order valence-electron chi connectivity index (χ1n) is 15.5. The van der Waals surface area contributed by atoms with E-state index in [1.165, 1.54) is 0 Å². The van der Waals surface area contributed by atoms with E-state index in [2.05, 4.69) is 0 Å². The SMILES string of the molecule is CCN(CC)C(=O)Cn1cc(C(=O)N2CCC(n3c(=O)n(CC(=O)N(CC)CC)c4ccccc43)CC2)c2ccc(Cl)cc21. The fourth-order valence-electron chi connectivity index (χ4n) is 6.44. The first-order valence-corrected chi connectivity index (χ1v) is 15.9. The van der Waals surface area contributed by atoms with E-state index in [0.29, 0.717) is 62.7 Å². The van der Waals surface area contributed by atoms with Gasteiger partial charge in [-0.25, -0.2) is 4.79 Å². The summed E-state index contributed by atoms with van der Waals surface area (Å²) in [6, 6.07) is 12.9. The zero-order chi connectivity index (χ0) is 31.5. The lowest BCUT2D eigenvalue weighted by molar-refractivity contribution is -0.132. The number of hydrogen-bond acceptors (Lipinski definition) is 4. The summed E-state index contributed by atoms with van der Waals surface area (Å²) < 4.78 is 5.20. The standard InChI is InChI=1S/C33H41ClN6O4/c1-5-35(6-2)30(41)21-38-20-26(25-14-13-23(34)19-29(25)38)32(43)37-17-15-24(16-18-37)40-28-12-10-9-11-27(28)39(33(40)44)22-31(42)36(7-3)8-4/h9-14,19-20,24H,5-8,15-18,21-22H2,1-4H3. The van der Waals surface area contributed by atoms with Crippen LogP contribution in [0.15, 0.2) is 53.5 Å². The average Bonchev–Trinajstić information content (AvgIpc) is 3.52. The fourth-order valence-corrected chi connectivity index (χ4v) is 6.60. The molecule has 44 heavy (non-hydrogen) atoms. The largest absolute Gasteiger partial charge is 0.342 e. The molecule has 0 aliphatic carbocycles. The molecule has 2 aromatic carbocycles. The molecule has 10 nitrogen and oxygen atoms in total. The number of likely N-dealkylation sites (N-methyl/N-ethyl adjacent to an activating group) is 2. The number of piperidine rings is 1. The lowest BCUT2D eigenvalue weighted by Crippen LogP contribution is -2.41. The van der Waals surface area contributed by atoms with Gasteiger partial charge in [0.2, 0.25) is 11.8 Å². The maximum absolute atomic E-state index is 13.9. The van der Waals surface area contributed by atoms with Crippen LogP contribution in [-0.2, 0) is 22.7 Å². The van der Waals surface area contributed by atoms with Crippen LogP contribution in [0.3, 0.4) is 0 Å². The number of carbonyl (C=O) groups is 3. The van der Waals surface area contributed by atoms with Crippen LogP contribution >= 0.6 is 11.6 Å². The molecule has 2 aromatic heterocycles. The maximum Gasteiger partial charge on any atom is 0.329 e. The molecule has 11 heteroatoms. The molecule has 1 fully saturated rings. The van der Waals surface area contributed by atoms with E-state index in [9.17, 15) is 19.2 Å². The Balaban J connectivity index is 1.38. The van der Waals surface area contributed by atoms with Crippen molar-refractivity contribution in [2.24, 2.45) is 0 Å². The predicted molar refractivity (Wildman–Crippen MR) is 173 cm³/mol. The summed E-state index contributed by atoms with van der Waals surface area (Å²) in [7, 11) is 0. The Morgan fingerprint density at radius 1 is 0.818 bits per heavy atom. The number of para-hydroxylation sites is 2. The van der Waals surface area contributed by atoms with Gasteiger partial charge in [-0.3, -0.25) is 23.5 Å². The highest BCUT2D eigenvalue weighted by molar-refractivity contribution is 6.31. The van der Waals surface area contributed by atoms with Gasteiger partial charge in [-0.15, -0.1) is 0 Å². The van der Waals surface area contributed by atoms with Gasteiger partial charge in [0.15, 0.2) is 0 Å². The van der Waals surface area contributed by atoms with E-state index in [-0.39, 0.29) is 42.5 Å². The quantitative estimate of drug-likeness (QED) is 0.259. The molecule has 4 aromatic rings. The highest BCUT2D eigenvalue weighted by atomic mass is 35.5. The van der Waals surface area contributed by atoms with Gasteiger partial charge in [0.05, 0.1) is 22.1 Å². The van der Waals surface area contributed by atoms with E-state index in [1.807, 2.05) is 67.5 Å². The number of hydrogen-bond donors (Lipinski definition) is 0. The Kier molecular flexibility index (Phi) is 9.48. The Labute approximate surface area is 262 Å². The third-order valence-electron chi connectivity index (χ3n) is 8.89. The van der Waals surface area contributed by atoms with Crippen LogP contribution in [0.25, 0.3) is 21.9 Å². The summed E-state index contributed by atoms with van der Waals surface area (Å²) in [5.74, 6) is -0.209. The van der Waals surface area contributed by atoms with Gasteiger partial charge >= 0.3 is 5.69 Å². The normalized spacial score (nSPS) is 14.0. The van der Waals surface area contributed by atoms with Crippen LogP contribution < -0.4 is 5.69 Å². The van der Waals surface area contributed by atoms with Crippen molar-refractivity contribution >= 4 is 51.3 Å². The van der Waals surface area contributed by atoms with Crippen LogP contribution in [0.4, 0.5) is 0 Å². The number of aromatic nitrogens is 3. The minimum absolute atomic E-state index is 0.00376. The van der Waals surface area contributed by atoms with Crippen LogP contribution in [0.2, 0.25) is 5.02 Å². The number of rotatable bonds is 10. The van der Waals surface area contributed by atoms with Crippen molar-refractivity contribution in [2.75, 3.05) is 39.3 Å². The third-order valence-corrected chi connectivity index (χ3v) is 9.13. The molecule has 3 heterocycles.